The van der Waals surface area contributed by atoms with Gasteiger partial charge in [0.1, 0.15) is 9.72 Å². The van der Waals surface area contributed by atoms with Crippen molar-refractivity contribution in [1.29, 1.82) is 0 Å². The summed E-state index contributed by atoms with van der Waals surface area (Å²) in [5.41, 5.74) is 2.41. The average molecular weight is 290 g/mol. The number of nitrogens with zero attached hydrogens (tertiary/aromatic N) is 2. The van der Waals surface area contributed by atoms with Crippen molar-refractivity contribution in [2.45, 2.75) is 10.8 Å². The van der Waals surface area contributed by atoms with Gasteiger partial charge in [-0.1, -0.05) is 11.3 Å². The molecular formula is C8H10N4O2S3. The Bertz CT molecular complexity index is 576. The van der Waals surface area contributed by atoms with Crippen LogP contribution in [-0.2, 0) is 16.6 Å². The maximum absolute atomic E-state index is 11.9. The highest BCUT2D eigenvalue weighted by atomic mass is 32.2. The van der Waals surface area contributed by atoms with Gasteiger partial charge < -0.3 is 5.32 Å². The van der Waals surface area contributed by atoms with Gasteiger partial charge in [-0.25, -0.2) is 8.42 Å². The van der Waals surface area contributed by atoms with Crippen LogP contribution in [0.25, 0.3) is 0 Å². The lowest BCUT2D eigenvalue weighted by Crippen LogP contribution is -2.11. The van der Waals surface area contributed by atoms with Crippen molar-refractivity contribution in [3.8, 4) is 0 Å². The standard InChI is InChI=1S/C8H10N4O2S3/c1-9-3-6-2-7(15-4-6)17(13,14)12-8-11-10-5-16-8/h2,4-5,9H,3H2,1H3,(H,11,12). The maximum atomic E-state index is 11.9. The second-order valence-electron chi connectivity index (χ2n) is 3.15. The molecule has 0 radical (unpaired) electrons. The summed E-state index contributed by atoms with van der Waals surface area (Å²) in [5, 5.41) is 12.3. The zero-order chi connectivity index (χ0) is 12.3. The molecule has 0 atom stereocenters. The molecule has 2 aromatic heterocycles. The maximum Gasteiger partial charge on any atom is 0.273 e. The molecule has 17 heavy (non-hydrogen) atoms. The SMILES string of the molecule is CNCc1csc(S(=O)(=O)Nc2nncs2)c1. The molecule has 0 aliphatic heterocycles. The van der Waals surface area contributed by atoms with E-state index in [4.69, 9.17) is 0 Å². The van der Waals surface area contributed by atoms with Crippen molar-refractivity contribution in [2.75, 3.05) is 11.8 Å². The number of hydrogen-bond acceptors (Lipinski definition) is 7. The fraction of sp³-hybridized carbons (Fsp3) is 0.250. The Hall–Kier alpha value is -1.03. The third kappa shape index (κ3) is 3.00. The van der Waals surface area contributed by atoms with E-state index < -0.39 is 10.0 Å². The molecule has 0 aromatic carbocycles. The molecule has 6 nitrogen and oxygen atoms in total. The number of aromatic nitrogens is 2. The molecule has 0 unspecified atom stereocenters. The first-order chi connectivity index (χ1) is 8.12. The fourth-order valence-corrected chi connectivity index (χ4v) is 4.08. The summed E-state index contributed by atoms with van der Waals surface area (Å²) in [4.78, 5) is 0. The van der Waals surface area contributed by atoms with E-state index in [9.17, 15) is 8.42 Å². The van der Waals surface area contributed by atoms with Crippen molar-refractivity contribution in [3.63, 3.8) is 0 Å². The van der Waals surface area contributed by atoms with E-state index >= 15 is 0 Å². The molecule has 9 heteroatoms. The molecule has 0 aliphatic carbocycles. The Morgan fingerprint density at radius 2 is 2.24 bits per heavy atom. The van der Waals surface area contributed by atoms with Gasteiger partial charge in [-0.05, 0) is 24.1 Å². The van der Waals surface area contributed by atoms with Gasteiger partial charge in [-0.2, -0.15) is 0 Å². The average Bonchev–Trinajstić information content (AvgIpc) is 2.88. The minimum Gasteiger partial charge on any atom is -0.316 e. The Morgan fingerprint density at radius 3 is 2.88 bits per heavy atom. The van der Waals surface area contributed by atoms with E-state index in [2.05, 4.69) is 20.2 Å². The van der Waals surface area contributed by atoms with Crippen molar-refractivity contribution < 1.29 is 8.42 Å². The van der Waals surface area contributed by atoms with Gasteiger partial charge in [0, 0.05) is 6.54 Å². The molecule has 92 valence electrons. The third-order valence-corrected chi connectivity index (χ3v) is 5.42. The number of rotatable bonds is 5. The molecule has 0 bridgehead atoms. The van der Waals surface area contributed by atoms with Crippen LogP contribution in [0.5, 0.6) is 0 Å². The number of sulfonamides is 1. The van der Waals surface area contributed by atoms with Crippen molar-refractivity contribution >= 4 is 37.8 Å². The van der Waals surface area contributed by atoms with Gasteiger partial charge >= 0.3 is 0 Å². The quantitative estimate of drug-likeness (QED) is 0.862. The van der Waals surface area contributed by atoms with Crippen LogP contribution in [0.3, 0.4) is 0 Å². The van der Waals surface area contributed by atoms with E-state index in [0.717, 1.165) is 16.9 Å². The number of thiophene rings is 1. The minimum absolute atomic E-state index is 0.272. The summed E-state index contributed by atoms with van der Waals surface area (Å²) in [7, 11) is -1.72. The Balaban J connectivity index is 2.19. The number of nitrogens with one attached hydrogen (secondary N) is 2. The lowest BCUT2D eigenvalue weighted by atomic mass is 10.3. The van der Waals surface area contributed by atoms with Gasteiger partial charge in [0.25, 0.3) is 10.0 Å². The molecule has 0 aliphatic rings. The molecule has 0 spiro atoms. The second kappa shape index (κ2) is 5.08. The van der Waals surface area contributed by atoms with Crippen LogP contribution in [-0.4, -0.2) is 25.7 Å². The van der Waals surface area contributed by atoms with Crippen LogP contribution in [0.15, 0.2) is 21.2 Å². The molecule has 2 N–H and O–H groups in total. The summed E-state index contributed by atoms with van der Waals surface area (Å²) in [6, 6.07) is 1.64. The second-order valence-corrected chi connectivity index (χ2v) is 6.81. The third-order valence-electron chi connectivity index (χ3n) is 1.86. The van der Waals surface area contributed by atoms with Crippen LogP contribution in [0.4, 0.5) is 5.13 Å². The summed E-state index contributed by atoms with van der Waals surface area (Å²) in [5.74, 6) is 0. The zero-order valence-electron chi connectivity index (χ0n) is 8.87. The lowest BCUT2D eigenvalue weighted by molar-refractivity contribution is 0.603. The Kier molecular flexibility index (Phi) is 3.72. The summed E-state index contributed by atoms with van der Waals surface area (Å²) in [6.07, 6.45) is 0. The van der Waals surface area contributed by atoms with Crippen LogP contribution in [0, 0.1) is 0 Å². The monoisotopic (exact) mass is 290 g/mol. The lowest BCUT2D eigenvalue weighted by Gasteiger charge is -2.00. The van der Waals surface area contributed by atoms with Crippen LogP contribution in [0.1, 0.15) is 5.56 Å². The predicted molar refractivity (Wildman–Crippen MR) is 67.8 cm³/mol. The highest BCUT2D eigenvalue weighted by Gasteiger charge is 2.18. The molecular weight excluding hydrogens is 280 g/mol. The molecule has 0 saturated carbocycles. The smallest absolute Gasteiger partial charge is 0.273 e. The van der Waals surface area contributed by atoms with Crippen LogP contribution < -0.4 is 10.0 Å². The zero-order valence-corrected chi connectivity index (χ0v) is 11.3. The first-order valence-electron chi connectivity index (χ1n) is 4.63. The van der Waals surface area contributed by atoms with Gasteiger partial charge in [0.15, 0.2) is 0 Å². The predicted octanol–water partition coefficient (Wildman–Crippen LogP) is 1.12. The summed E-state index contributed by atoms with van der Waals surface area (Å²) >= 11 is 2.33. The summed E-state index contributed by atoms with van der Waals surface area (Å²) < 4.78 is 26.5. The highest BCUT2D eigenvalue weighted by molar-refractivity contribution is 7.94. The Morgan fingerprint density at radius 1 is 1.41 bits per heavy atom. The minimum atomic E-state index is -3.53. The van der Waals surface area contributed by atoms with Crippen LogP contribution >= 0.6 is 22.7 Å². The van der Waals surface area contributed by atoms with Crippen molar-refractivity contribution in [1.82, 2.24) is 15.5 Å². The number of anilines is 1. The van der Waals surface area contributed by atoms with Gasteiger partial charge in [-0.3, -0.25) is 4.72 Å². The topological polar surface area (TPSA) is 84.0 Å². The van der Waals surface area contributed by atoms with Gasteiger partial charge in [0.2, 0.25) is 5.13 Å². The fourth-order valence-electron chi connectivity index (χ4n) is 1.17. The molecule has 2 heterocycles. The molecule has 0 fully saturated rings. The van der Waals surface area contributed by atoms with E-state index in [0.29, 0.717) is 6.54 Å². The highest BCUT2D eigenvalue weighted by Crippen LogP contribution is 2.23. The Labute approximate surface area is 107 Å². The molecule has 2 aromatic rings. The van der Waals surface area contributed by atoms with E-state index in [1.807, 2.05) is 12.4 Å². The van der Waals surface area contributed by atoms with Crippen molar-refractivity contribution in [2.24, 2.45) is 0 Å². The van der Waals surface area contributed by atoms with E-state index in [1.54, 1.807) is 6.07 Å². The molecule has 0 saturated heterocycles. The molecule has 2 rings (SSSR count). The van der Waals surface area contributed by atoms with E-state index in [1.165, 1.54) is 16.8 Å². The summed E-state index contributed by atoms with van der Waals surface area (Å²) in [6.45, 7) is 0.644. The van der Waals surface area contributed by atoms with Gasteiger partial charge in [-0.15, -0.1) is 21.5 Å². The normalized spacial score (nSPS) is 11.6. The first-order valence-corrected chi connectivity index (χ1v) is 7.87. The van der Waals surface area contributed by atoms with Gasteiger partial charge in [0.05, 0.1) is 0 Å². The van der Waals surface area contributed by atoms with Crippen LogP contribution in [0.2, 0.25) is 0 Å². The number of hydrogen-bond donors (Lipinski definition) is 2. The van der Waals surface area contributed by atoms with E-state index in [-0.39, 0.29) is 9.34 Å². The van der Waals surface area contributed by atoms with Crippen molar-refractivity contribution in [3.05, 3.63) is 22.5 Å². The largest absolute Gasteiger partial charge is 0.316 e. The molecule has 0 amide bonds. The first kappa shape index (κ1) is 12.4.